The number of nitrogens with zero attached hydrogens (tertiary/aromatic N) is 5. The summed E-state index contributed by atoms with van der Waals surface area (Å²) in [5, 5.41) is 20.0. The summed E-state index contributed by atoms with van der Waals surface area (Å²) in [6.45, 7) is 0. The van der Waals surface area contributed by atoms with Crippen molar-refractivity contribution >= 4 is 11.7 Å². The fourth-order valence-corrected chi connectivity index (χ4v) is 0.700. The van der Waals surface area contributed by atoms with Crippen molar-refractivity contribution in [1.82, 2.24) is 9.97 Å². The number of nitrogens with two attached hydrogens (primary N) is 2. The van der Waals surface area contributed by atoms with Crippen LogP contribution in [0.15, 0.2) is 27.0 Å². The first-order valence-electron chi connectivity index (χ1n) is 3.13. The van der Waals surface area contributed by atoms with Crippen LogP contribution in [0, 0.1) is 5.41 Å². The van der Waals surface area contributed by atoms with E-state index in [1.54, 1.807) is 0 Å². The lowest BCUT2D eigenvalue weighted by Gasteiger charge is -1.91. The van der Waals surface area contributed by atoms with Crippen molar-refractivity contribution in [3.8, 4) is 0 Å². The summed E-state index contributed by atoms with van der Waals surface area (Å²) in [6.07, 6.45) is 1.33. The Balaban J connectivity index is 3.00. The van der Waals surface area contributed by atoms with Gasteiger partial charge < -0.3 is 16.7 Å². The number of hydrogen-bond acceptors (Lipinski definition) is 5. The number of hydrogen-bond donors (Lipinski definition) is 4. The molecule has 1 rings (SSSR count). The number of imidazole rings is 1. The van der Waals surface area contributed by atoms with E-state index in [-0.39, 0.29) is 17.3 Å². The third-order valence-electron chi connectivity index (χ3n) is 1.17. The Labute approximate surface area is 72.4 Å². The number of aromatic nitrogens is 2. The van der Waals surface area contributed by atoms with Gasteiger partial charge in [0.1, 0.15) is 5.69 Å². The van der Waals surface area contributed by atoms with Crippen LogP contribution in [0.4, 0.5) is 5.82 Å². The Kier molecular flexibility index (Phi) is 2.63. The average Bonchev–Trinajstić information content (AvgIpc) is 2.54. The lowest BCUT2D eigenvalue weighted by atomic mass is 10.4. The van der Waals surface area contributed by atoms with Gasteiger partial charge in [0.2, 0.25) is 5.82 Å². The van der Waals surface area contributed by atoms with Gasteiger partial charge >= 0.3 is 0 Å². The highest BCUT2D eigenvalue weighted by Crippen LogP contribution is 2.14. The molecule has 0 fully saturated rings. The minimum absolute atomic E-state index is 0.167. The number of H-pyrrole nitrogens is 1. The van der Waals surface area contributed by atoms with E-state index >= 15 is 0 Å². The summed E-state index contributed by atoms with van der Waals surface area (Å²) in [4.78, 5) is 6.35. The minimum atomic E-state index is -0.192. The molecule has 6 N–H and O–H groups in total. The topological polar surface area (TPSA) is 154 Å². The van der Waals surface area contributed by atoms with Crippen LogP contribution in [0.5, 0.6) is 0 Å². The number of rotatable bonds is 2. The van der Waals surface area contributed by atoms with Crippen LogP contribution in [0.1, 0.15) is 5.69 Å². The molecule has 0 saturated carbocycles. The van der Waals surface area contributed by atoms with Gasteiger partial charge in [-0.15, -0.1) is 10.2 Å². The molecule has 0 aliphatic rings. The summed E-state index contributed by atoms with van der Waals surface area (Å²) in [6, 6.07) is 0. The van der Waals surface area contributed by atoms with E-state index in [1.165, 1.54) is 6.33 Å². The first-order valence-corrected chi connectivity index (χ1v) is 3.13. The number of nitrogens with one attached hydrogen (secondary N) is 2. The van der Waals surface area contributed by atoms with Crippen LogP contribution in [-0.2, 0) is 0 Å². The zero-order chi connectivity index (χ0) is 9.68. The van der Waals surface area contributed by atoms with Crippen LogP contribution < -0.4 is 11.7 Å². The molecule has 13 heavy (non-hydrogen) atoms. The van der Waals surface area contributed by atoms with Gasteiger partial charge in [0.25, 0.3) is 0 Å². The maximum Gasteiger partial charge on any atom is 0.205 e. The van der Waals surface area contributed by atoms with Crippen molar-refractivity contribution in [2.24, 2.45) is 32.4 Å². The molecule has 9 nitrogen and oxygen atoms in total. The van der Waals surface area contributed by atoms with Crippen molar-refractivity contribution in [2.75, 3.05) is 0 Å². The SMILES string of the molecule is N=C(N=NN)c1[nH]cnc1N=NN. The van der Waals surface area contributed by atoms with Crippen LogP contribution in [-0.4, -0.2) is 15.8 Å². The Bertz CT molecular complexity index is 346. The lowest BCUT2D eigenvalue weighted by molar-refractivity contribution is 1.03. The first-order chi connectivity index (χ1) is 6.29. The predicted octanol–water partition coefficient (Wildman–Crippen LogP) is 0.0184. The Hall–Kier alpha value is -2.32. The maximum absolute atomic E-state index is 7.31. The largest absolute Gasteiger partial charge is 0.340 e. The molecule has 0 atom stereocenters. The van der Waals surface area contributed by atoms with E-state index in [0.717, 1.165) is 0 Å². The molecule has 1 heterocycles. The molecule has 0 saturated heterocycles. The number of aromatic amines is 1. The third kappa shape index (κ3) is 1.83. The van der Waals surface area contributed by atoms with E-state index in [4.69, 9.17) is 17.1 Å². The molecule has 0 radical (unpaired) electrons. The molecule has 0 spiro atoms. The van der Waals surface area contributed by atoms with Gasteiger partial charge in [-0.25, -0.2) is 4.98 Å². The lowest BCUT2D eigenvalue weighted by Crippen LogP contribution is -1.96. The highest BCUT2D eigenvalue weighted by Gasteiger charge is 2.09. The standard InChI is InChI=1S/C4H7N9/c5-3(10-12-6)2-4(11-13-7)9-1-8-2/h1H,(H2,7,11)(H,8,9)(H3,5,6,10). The molecule has 1 aromatic rings. The van der Waals surface area contributed by atoms with Crippen molar-refractivity contribution in [3.05, 3.63) is 12.0 Å². The van der Waals surface area contributed by atoms with Crippen molar-refractivity contribution in [3.63, 3.8) is 0 Å². The molecule has 0 aliphatic carbocycles. The molecule has 1 aromatic heterocycles. The van der Waals surface area contributed by atoms with E-state index < -0.39 is 0 Å². The fourth-order valence-electron chi connectivity index (χ4n) is 0.700. The normalized spacial score (nSPS) is 11.4. The highest BCUT2D eigenvalue weighted by molar-refractivity contribution is 5.98. The van der Waals surface area contributed by atoms with Crippen LogP contribution in [0.25, 0.3) is 0 Å². The van der Waals surface area contributed by atoms with Crippen LogP contribution in [0.2, 0.25) is 0 Å². The van der Waals surface area contributed by atoms with Gasteiger partial charge in [-0.2, -0.15) is 0 Å². The zero-order valence-electron chi connectivity index (χ0n) is 6.47. The molecule has 0 aliphatic heterocycles. The van der Waals surface area contributed by atoms with Gasteiger partial charge in [0, 0.05) is 0 Å². The Morgan fingerprint density at radius 3 is 2.85 bits per heavy atom. The van der Waals surface area contributed by atoms with Gasteiger partial charge in [-0.05, 0) is 0 Å². The zero-order valence-corrected chi connectivity index (χ0v) is 6.47. The van der Waals surface area contributed by atoms with Crippen molar-refractivity contribution in [2.45, 2.75) is 0 Å². The molecule has 0 aromatic carbocycles. The maximum atomic E-state index is 7.31. The predicted molar refractivity (Wildman–Crippen MR) is 43.2 cm³/mol. The molecule has 0 unspecified atom stereocenters. The molecular weight excluding hydrogens is 174 g/mol. The second-order valence-electron chi connectivity index (χ2n) is 1.88. The van der Waals surface area contributed by atoms with Crippen LogP contribution in [0.3, 0.4) is 0 Å². The third-order valence-corrected chi connectivity index (χ3v) is 1.17. The minimum Gasteiger partial charge on any atom is -0.340 e. The second-order valence-corrected chi connectivity index (χ2v) is 1.88. The van der Waals surface area contributed by atoms with Gasteiger partial charge in [0.05, 0.1) is 6.33 Å². The van der Waals surface area contributed by atoms with Crippen molar-refractivity contribution in [1.29, 1.82) is 5.41 Å². The summed E-state index contributed by atoms with van der Waals surface area (Å²) < 4.78 is 0. The second kappa shape index (κ2) is 3.90. The average molecular weight is 181 g/mol. The van der Waals surface area contributed by atoms with Gasteiger partial charge in [-0.1, -0.05) is 10.4 Å². The smallest absolute Gasteiger partial charge is 0.205 e. The highest BCUT2D eigenvalue weighted by atomic mass is 15.3. The summed E-state index contributed by atoms with van der Waals surface area (Å²) >= 11 is 0. The van der Waals surface area contributed by atoms with E-state index in [1.807, 2.05) is 0 Å². The van der Waals surface area contributed by atoms with Crippen molar-refractivity contribution < 1.29 is 0 Å². The Morgan fingerprint density at radius 2 is 2.23 bits per heavy atom. The molecule has 68 valence electrons. The molecule has 9 heteroatoms. The Morgan fingerprint density at radius 1 is 1.46 bits per heavy atom. The van der Waals surface area contributed by atoms with E-state index in [0.29, 0.717) is 0 Å². The molecular formula is C4H7N9. The number of amidine groups is 1. The van der Waals surface area contributed by atoms with Crippen LogP contribution >= 0.6 is 0 Å². The van der Waals surface area contributed by atoms with Gasteiger partial charge in [-0.3, -0.25) is 5.41 Å². The molecule has 0 bridgehead atoms. The van der Waals surface area contributed by atoms with Gasteiger partial charge in [0.15, 0.2) is 5.84 Å². The van der Waals surface area contributed by atoms with E-state index in [9.17, 15) is 0 Å². The first kappa shape index (κ1) is 8.77. The fraction of sp³-hybridized carbons (Fsp3) is 0. The summed E-state index contributed by atoms with van der Waals surface area (Å²) in [7, 11) is 0. The summed E-state index contributed by atoms with van der Waals surface area (Å²) in [5.74, 6) is 9.56. The van der Waals surface area contributed by atoms with E-state index in [2.05, 4.69) is 30.6 Å². The summed E-state index contributed by atoms with van der Waals surface area (Å²) in [5.41, 5.74) is 0.253. The quantitative estimate of drug-likeness (QED) is 0.167. The monoisotopic (exact) mass is 181 g/mol. The molecule has 0 amide bonds.